The molecule has 0 spiro atoms. The first-order valence-corrected chi connectivity index (χ1v) is 6.85. The van der Waals surface area contributed by atoms with E-state index in [-0.39, 0.29) is 5.56 Å². The van der Waals surface area contributed by atoms with E-state index in [1.165, 1.54) is 6.07 Å². The maximum Gasteiger partial charge on any atom is 0.416 e. The number of carbonyl (C=O) groups excluding carboxylic acids is 1. The van der Waals surface area contributed by atoms with Gasteiger partial charge in [-0.3, -0.25) is 4.79 Å². The van der Waals surface area contributed by atoms with Crippen LogP contribution in [0.15, 0.2) is 24.3 Å². The van der Waals surface area contributed by atoms with E-state index in [1.54, 1.807) is 23.9 Å². The van der Waals surface area contributed by atoms with Gasteiger partial charge in [-0.05, 0) is 24.0 Å². The monoisotopic (exact) mass is 293 g/mol. The zero-order valence-electron chi connectivity index (χ0n) is 10.2. The van der Waals surface area contributed by atoms with Crippen molar-refractivity contribution >= 4 is 17.7 Å². The van der Waals surface area contributed by atoms with Crippen LogP contribution in [0.4, 0.5) is 13.2 Å². The summed E-state index contributed by atoms with van der Waals surface area (Å²) in [6.07, 6.45) is -5.37. The van der Waals surface area contributed by atoms with Gasteiger partial charge in [0.2, 0.25) is 0 Å². The highest BCUT2D eigenvalue weighted by Gasteiger charge is 2.38. The van der Waals surface area contributed by atoms with Gasteiger partial charge in [0.05, 0.1) is 6.54 Å². The predicted molar refractivity (Wildman–Crippen MR) is 68.1 cm³/mol. The number of aliphatic hydroxyl groups is 1. The molecule has 106 valence electrons. The van der Waals surface area contributed by atoms with Crippen LogP contribution in [-0.4, -0.2) is 36.1 Å². The van der Waals surface area contributed by atoms with Gasteiger partial charge in [0.1, 0.15) is 0 Å². The lowest BCUT2D eigenvalue weighted by Gasteiger charge is -2.15. The predicted octanol–water partition coefficient (Wildman–Crippen LogP) is 2.20. The van der Waals surface area contributed by atoms with Crippen LogP contribution in [0.1, 0.15) is 15.9 Å². The van der Waals surface area contributed by atoms with Crippen LogP contribution >= 0.6 is 11.8 Å². The number of alkyl halides is 3. The lowest BCUT2D eigenvalue weighted by Crippen LogP contribution is -2.40. The van der Waals surface area contributed by atoms with E-state index in [0.29, 0.717) is 5.75 Å². The largest absolute Gasteiger partial charge is 0.416 e. The van der Waals surface area contributed by atoms with E-state index in [4.69, 9.17) is 5.11 Å². The quantitative estimate of drug-likeness (QED) is 0.875. The SMILES string of the molecule is CSCc1cccc(C(=O)NCC(O)C(F)(F)F)c1. The van der Waals surface area contributed by atoms with Crippen LogP contribution < -0.4 is 5.32 Å². The van der Waals surface area contributed by atoms with Gasteiger partial charge in [-0.2, -0.15) is 24.9 Å². The molecule has 7 heteroatoms. The van der Waals surface area contributed by atoms with Crippen molar-refractivity contribution in [3.05, 3.63) is 35.4 Å². The highest BCUT2D eigenvalue weighted by atomic mass is 32.2. The van der Waals surface area contributed by atoms with Gasteiger partial charge >= 0.3 is 6.18 Å². The van der Waals surface area contributed by atoms with Gasteiger partial charge in [-0.1, -0.05) is 12.1 Å². The van der Waals surface area contributed by atoms with Crippen molar-refractivity contribution in [2.24, 2.45) is 0 Å². The van der Waals surface area contributed by atoms with E-state index in [0.717, 1.165) is 5.56 Å². The first-order chi connectivity index (χ1) is 8.84. The third-order valence-corrected chi connectivity index (χ3v) is 2.96. The number of amides is 1. The van der Waals surface area contributed by atoms with Crippen LogP contribution in [0.2, 0.25) is 0 Å². The van der Waals surface area contributed by atoms with Gasteiger partial charge in [-0.25, -0.2) is 0 Å². The van der Waals surface area contributed by atoms with Gasteiger partial charge < -0.3 is 10.4 Å². The molecule has 1 atom stereocenters. The Hall–Kier alpha value is -1.21. The highest BCUT2D eigenvalue weighted by Crippen LogP contribution is 2.19. The Morgan fingerprint density at radius 3 is 2.74 bits per heavy atom. The molecule has 1 aromatic carbocycles. The molecule has 2 N–H and O–H groups in total. The molecule has 19 heavy (non-hydrogen) atoms. The molecular weight excluding hydrogens is 279 g/mol. The number of hydrogen-bond donors (Lipinski definition) is 2. The molecule has 1 rings (SSSR count). The fraction of sp³-hybridized carbons (Fsp3) is 0.417. The Labute approximate surface area is 113 Å². The molecular formula is C12H14F3NO2S. The molecule has 0 fully saturated rings. The average molecular weight is 293 g/mol. The third kappa shape index (κ3) is 5.12. The first-order valence-electron chi connectivity index (χ1n) is 5.45. The van der Waals surface area contributed by atoms with Crippen LogP contribution in [0, 0.1) is 0 Å². The summed E-state index contributed by atoms with van der Waals surface area (Å²) in [4.78, 5) is 11.6. The summed E-state index contributed by atoms with van der Waals surface area (Å²) in [6.45, 7) is -0.852. The van der Waals surface area contributed by atoms with Crippen molar-refractivity contribution in [3.8, 4) is 0 Å². The standard InChI is InChI=1S/C12H14F3NO2S/c1-19-7-8-3-2-4-9(5-8)11(18)16-6-10(17)12(13,14)15/h2-5,10,17H,6-7H2,1H3,(H,16,18). The summed E-state index contributed by atoms with van der Waals surface area (Å²) < 4.78 is 36.2. The fourth-order valence-corrected chi connectivity index (χ4v) is 1.89. The number of nitrogens with one attached hydrogen (secondary N) is 1. The molecule has 1 unspecified atom stereocenters. The Kier molecular flexibility index (Phi) is 5.68. The number of thioether (sulfide) groups is 1. The highest BCUT2D eigenvalue weighted by molar-refractivity contribution is 7.97. The Bertz CT molecular complexity index is 437. The molecule has 0 heterocycles. The molecule has 0 aromatic heterocycles. The van der Waals surface area contributed by atoms with Crippen molar-refractivity contribution < 1.29 is 23.1 Å². The minimum absolute atomic E-state index is 0.279. The average Bonchev–Trinajstić information content (AvgIpc) is 2.35. The second-order valence-electron chi connectivity index (χ2n) is 3.90. The normalized spacial score (nSPS) is 13.1. The van der Waals surface area contributed by atoms with Crippen LogP contribution in [0.25, 0.3) is 0 Å². The molecule has 0 aliphatic carbocycles. The molecule has 3 nitrogen and oxygen atoms in total. The van der Waals surface area contributed by atoms with E-state index >= 15 is 0 Å². The number of halogens is 3. The zero-order valence-corrected chi connectivity index (χ0v) is 11.0. The van der Waals surface area contributed by atoms with E-state index in [2.05, 4.69) is 5.32 Å². The molecule has 0 saturated carbocycles. The van der Waals surface area contributed by atoms with Gasteiger partial charge in [0, 0.05) is 11.3 Å². The number of aliphatic hydroxyl groups excluding tert-OH is 1. The molecule has 0 saturated heterocycles. The van der Waals surface area contributed by atoms with Crippen LogP contribution in [-0.2, 0) is 5.75 Å². The van der Waals surface area contributed by atoms with Gasteiger partial charge in [-0.15, -0.1) is 0 Å². The fourth-order valence-electron chi connectivity index (χ4n) is 1.38. The Balaban J connectivity index is 2.61. The second-order valence-corrected chi connectivity index (χ2v) is 4.77. The molecule has 1 aromatic rings. The lowest BCUT2D eigenvalue weighted by atomic mass is 10.1. The summed E-state index contributed by atoms with van der Waals surface area (Å²) in [5.41, 5.74) is 1.19. The maximum absolute atomic E-state index is 12.1. The Morgan fingerprint density at radius 2 is 2.16 bits per heavy atom. The number of hydrogen-bond acceptors (Lipinski definition) is 3. The number of benzene rings is 1. The summed E-state index contributed by atoms with van der Waals surface area (Å²) in [5, 5.41) is 10.8. The number of rotatable bonds is 5. The van der Waals surface area contributed by atoms with E-state index in [9.17, 15) is 18.0 Å². The second kappa shape index (κ2) is 6.81. The smallest absolute Gasteiger partial charge is 0.382 e. The first kappa shape index (κ1) is 15.8. The summed E-state index contributed by atoms with van der Waals surface area (Å²) in [5.74, 6) is 0.0815. The summed E-state index contributed by atoms with van der Waals surface area (Å²) in [6, 6.07) is 6.63. The minimum Gasteiger partial charge on any atom is -0.382 e. The molecule has 0 bridgehead atoms. The summed E-state index contributed by atoms with van der Waals surface area (Å²) >= 11 is 1.58. The third-order valence-electron chi connectivity index (χ3n) is 2.33. The van der Waals surface area contributed by atoms with E-state index < -0.39 is 24.7 Å². The minimum atomic E-state index is -4.73. The molecule has 0 aliphatic rings. The van der Waals surface area contributed by atoms with Crippen molar-refractivity contribution in [1.29, 1.82) is 0 Å². The van der Waals surface area contributed by atoms with Gasteiger partial charge in [0.25, 0.3) is 5.91 Å². The van der Waals surface area contributed by atoms with Crippen molar-refractivity contribution in [3.63, 3.8) is 0 Å². The van der Waals surface area contributed by atoms with Crippen molar-refractivity contribution in [1.82, 2.24) is 5.32 Å². The maximum atomic E-state index is 12.1. The van der Waals surface area contributed by atoms with Crippen molar-refractivity contribution in [2.45, 2.75) is 18.0 Å². The van der Waals surface area contributed by atoms with E-state index in [1.807, 2.05) is 12.3 Å². The molecule has 1 amide bonds. The van der Waals surface area contributed by atoms with Gasteiger partial charge in [0.15, 0.2) is 6.10 Å². The summed E-state index contributed by atoms with van der Waals surface area (Å²) in [7, 11) is 0. The number of carbonyl (C=O) groups is 1. The van der Waals surface area contributed by atoms with Crippen molar-refractivity contribution in [2.75, 3.05) is 12.8 Å². The zero-order chi connectivity index (χ0) is 14.5. The topological polar surface area (TPSA) is 49.3 Å². The molecule has 0 radical (unpaired) electrons. The Morgan fingerprint density at radius 1 is 1.47 bits per heavy atom. The lowest BCUT2D eigenvalue weighted by molar-refractivity contribution is -0.201. The molecule has 0 aliphatic heterocycles. The van der Waals surface area contributed by atoms with Crippen LogP contribution in [0.5, 0.6) is 0 Å². The van der Waals surface area contributed by atoms with Crippen LogP contribution in [0.3, 0.4) is 0 Å².